The number of hydrogen-bond donors (Lipinski definition) is 1. The highest BCUT2D eigenvalue weighted by molar-refractivity contribution is 7.99. The lowest BCUT2D eigenvalue weighted by Gasteiger charge is -2.36. The predicted molar refractivity (Wildman–Crippen MR) is 124 cm³/mol. The largest absolute Gasteiger partial charge is 0.369 e. The Morgan fingerprint density at radius 1 is 0.969 bits per heavy atom. The highest BCUT2D eigenvalue weighted by Gasteiger charge is 2.19. The minimum atomic E-state index is -2.64. The Hall–Kier alpha value is -2.97. The van der Waals surface area contributed by atoms with E-state index in [1.165, 1.54) is 17.8 Å². The van der Waals surface area contributed by atoms with Crippen LogP contribution in [0.2, 0.25) is 0 Å². The van der Waals surface area contributed by atoms with Gasteiger partial charge in [0.15, 0.2) is 0 Å². The van der Waals surface area contributed by atoms with Gasteiger partial charge in [0.2, 0.25) is 0 Å². The number of halogens is 2. The van der Waals surface area contributed by atoms with E-state index in [0.717, 1.165) is 38.4 Å². The number of pyridine rings is 1. The molecule has 0 atom stereocenters. The standard InChI is InChI=1S/C24H24F2N4OS/c25-24(26)32-23-21(7-4-12-27-23)22(31)28-19-8-10-20(11-9-19)30-15-13-29(14-16-30)17-18-5-2-1-3-6-18/h1-12,24H,13-17H2,(H,28,31). The zero-order valence-electron chi connectivity index (χ0n) is 17.5. The number of nitrogens with zero attached hydrogens (tertiary/aromatic N) is 3. The average molecular weight is 455 g/mol. The van der Waals surface area contributed by atoms with Gasteiger partial charge in [-0.05, 0) is 53.7 Å². The summed E-state index contributed by atoms with van der Waals surface area (Å²) >= 11 is 0.270. The van der Waals surface area contributed by atoms with Gasteiger partial charge >= 0.3 is 0 Å². The second-order valence-corrected chi connectivity index (χ2v) is 8.46. The summed E-state index contributed by atoms with van der Waals surface area (Å²) in [6.45, 7) is 4.79. The molecule has 1 aromatic heterocycles. The zero-order chi connectivity index (χ0) is 22.3. The molecule has 5 nitrogen and oxygen atoms in total. The van der Waals surface area contributed by atoms with E-state index in [-0.39, 0.29) is 22.4 Å². The van der Waals surface area contributed by atoms with Gasteiger partial charge in [0, 0.05) is 50.3 Å². The minimum Gasteiger partial charge on any atom is -0.369 e. The van der Waals surface area contributed by atoms with Gasteiger partial charge in [0.05, 0.1) is 5.56 Å². The number of rotatable bonds is 7. The van der Waals surface area contributed by atoms with Crippen LogP contribution in [0.1, 0.15) is 15.9 Å². The molecule has 2 aromatic carbocycles. The first-order valence-corrected chi connectivity index (χ1v) is 11.3. The molecule has 166 valence electrons. The number of carbonyl (C=O) groups is 1. The van der Waals surface area contributed by atoms with Crippen molar-refractivity contribution in [3.63, 3.8) is 0 Å². The van der Waals surface area contributed by atoms with Crippen LogP contribution in [0.3, 0.4) is 0 Å². The third-order valence-corrected chi connectivity index (χ3v) is 6.05. The maximum Gasteiger partial charge on any atom is 0.290 e. The highest BCUT2D eigenvalue weighted by atomic mass is 32.2. The van der Waals surface area contributed by atoms with E-state index in [4.69, 9.17) is 0 Å². The SMILES string of the molecule is O=C(Nc1ccc(N2CCN(Cc3ccccc3)CC2)cc1)c1cccnc1SC(F)F. The second-order valence-electron chi connectivity index (χ2n) is 7.48. The summed E-state index contributed by atoms with van der Waals surface area (Å²) in [5, 5.41) is 2.79. The molecule has 0 aliphatic carbocycles. The summed E-state index contributed by atoms with van der Waals surface area (Å²) in [7, 11) is 0. The number of amides is 1. The van der Waals surface area contributed by atoms with E-state index in [1.54, 1.807) is 6.07 Å². The van der Waals surface area contributed by atoms with Crippen molar-refractivity contribution in [1.82, 2.24) is 9.88 Å². The van der Waals surface area contributed by atoms with Crippen LogP contribution in [0.25, 0.3) is 0 Å². The molecular formula is C24H24F2N4OS. The van der Waals surface area contributed by atoms with Gasteiger partial charge in [-0.1, -0.05) is 30.3 Å². The molecule has 2 heterocycles. The fourth-order valence-electron chi connectivity index (χ4n) is 3.70. The summed E-state index contributed by atoms with van der Waals surface area (Å²) in [6.07, 6.45) is 1.40. The first-order valence-electron chi connectivity index (χ1n) is 10.4. The van der Waals surface area contributed by atoms with E-state index in [1.807, 2.05) is 30.3 Å². The summed E-state index contributed by atoms with van der Waals surface area (Å²) in [4.78, 5) is 21.2. The third kappa shape index (κ3) is 5.83. The van der Waals surface area contributed by atoms with Crippen molar-refractivity contribution in [1.29, 1.82) is 0 Å². The summed E-state index contributed by atoms with van der Waals surface area (Å²) in [6, 6.07) is 21.1. The van der Waals surface area contributed by atoms with Crippen molar-refractivity contribution in [3.8, 4) is 0 Å². The Bertz CT molecular complexity index is 1030. The molecule has 0 spiro atoms. The van der Waals surface area contributed by atoms with E-state index in [0.29, 0.717) is 5.69 Å². The summed E-state index contributed by atoms with van der Waals surface area (Å²) < 4.78 is 25.5. The van der Waals surface area contributed by atoms with Crippen LogP contribution in [0, 0.1) is 0 Å². The minimum absolute atomic E-state index is 0.0185. The van der Waals surface area contributed by atoms with Crippen molar-refractivity contribution in [2.75, 3.05) is 36.4 Å². The molecule has 8 heteroatoms. The maximum absolute atomic E-state index is 12.7. The van der Waals surface area contributed by atoms with Crippen LogP contribution in [0.5, 0.6) is 0 Å². The maximum atomic E-state index is 12.7. The molecule has 4 rings (SSSR count). The molecule has 0 unspecified atom stereocenters. The van der Waals surface area contributed by atoms with Crippen LogP contribution in [0.4, 0.5) is 20.2 Å². The van der Waals surface area contributed by atoms with Crippen molar-refractivity contribution >= 4 is 29.0 Å². The fourth-order valence-corrected chi connectivity index (χ4v) is 4.28. The first-order chi connectivity index (χ1) is 15.6. The second kappa shape index (κ2) is 10.6. The van der Waals surface area contributed by atoms with Gasteiger partial charge in [-0.2, -0.15) is 8.78 Å². The molecule has 1 fully saturated rings. The third-order valence-electron chi connectivity index (χ3n) is 5.33. The van der Waals surface area contributed by atoms with Crippen LogP contribution in [-0.4, -0.2) is 47.7 Å². The number of thioether (sulfide) groups is 1. The molecule has 0 saturated carbocycles. The highest BCUT2D eigenvalue weighted by Crippen LogP contribution is 2.27. The molecule has 0 radical (unpaired) electrons. The number of piperazine rings is 1. The lowest BCUT2D eigenvalue weighted by molar-refractivity contribution is 0.102. The lowest BCUT2D eigenvalue weighted by atomic mass is 10.2. The fraction of sp³-hybridized carbons (Fsp3) is 0.250. The van der Waals surface area contributed by atoms with Crippen LogP contribution in [0.15, 0.2) is 78.0 Å². The topological polar surface area (TPSA) is 48.5 Å². The quantitative estimate of drug-likeness (QED) is 0.511. The Balaban J connectivity index is 1.33. The summed E-state index contributed by atoms with van der Waals surface area (Å²) in [5.74, 6) is -3.09. The molecular weight excluding hydrogens is 430 g/mol. The smallest absolute Gasteiger partial charge is 0.290 e. The normalized spacial score (nSPS) is 14.5. The number of hydrogen-bond acceptors (Lipinski definition) is 5. The molecule has 1 amide bonds. The Morgan fingerprint density at radius 3 is 2.38 bits per heavy atom. The van der Waals surface area contributed by atoms with Gasteiger partial charge in [-0.3, -0.25) is 9.69 Å². The van der Waals surface area contributed by atoms with Crippen molar-refractivity contribution in [2.45, 2.75) is 17.3 Å². The number of nitrogens with one attached hydrogen (secondary N) is 1. The number of alkyl halides is 2. The van der Waals surface area contributed by atoms with Gasteiger partial charge in [-0.25, -0.2) is 4.98 Å². The van der Waals surface area contributed by atoms with Crippen LogP contribution in [-0.2, 0) is 6.54 Å². The van der Waals surface area contributed by atoms with Gasteiger partial charge in [0.1, 0.15) is 5.03 Å². The molecule has 3 aromatic rings. The summed E-state index contributed by atoms with van der Waals surface area (Å²) in [5.41, 5.74) is 3.16. The molecule has 1 aliphatic heterocycles. The number of aromatic nitrogens is 1. The zero-order valence-corrected chi connectivity index (χ0v) is 18.3. The molecule has 0 bridgehead atoms. The van der Waals surface area contributed by atoms with E-state index in [9.17, 15) is 13.6 Å². The first kappa shape index (κ1) is 22.2. The van der Waals surface area contributed by atoms with E-state index >= 15 is 0 Å². The number of carbonyl (C=O) groups excluding carboxylic acids is 1. The Morgan fingerprint density at radius 2 is 1.69 bits per heavy atom. The van der Waals surface area contributed by atoms with Crippen molar-refractivity contribution < 1.29 is 13.6 Å². The van der Waals surface area contributed by atoms with Crippen molar-refractivity contribution in [3.05, 3.63) is 84.1 Å². The average Bonchev–Trinajstić information content (AvgIpc) is 2.81. The Kier molecular flexibility index (Phi) is 7.34. The molecule has 32 heavy (non-hydrogen) atoms. The Labute approximate surface area is 190 Å². The van der Waals surface area contributed by atoms with Crippen LogP contribution >= 0.6 is 11.8 Å². The number of benzene rings is 2. The van der Waals surface area contributed by atoms with Gasteiger partial charge in [0.25, 0.3) is 11.7 Å². The van der Waals surface area contributed by atoms with Gasteiger partial charge in [-0.15, -0.1) is 0 Å². The van der Waals surface area contributed by atoms with Crippen LogP contribution < -0.4 is 10.2 Å². The predicted octanol–water partition coefficient (Wildman–Crippen LogP) is 4.97. The van der Waals surface area contributed by atoms with Gasteiger partial charge < -0.3 is 10.2 Å². The monoisotopic (exact) mass is 454 g/mol. The molecule has 1 aliphatic rings. The number of anilines is 2. The molecule has 1 N–H and O–H groups in total. The van der Waals surface area contributed by atoms with E-state index in [2.05, 4.69) is 44.4 Å². The van der Waals surface area contributed by atoms with Crippen molar-refractivity contribution in [2.24, 2.45) is 0 Å². The molecule has 1 saturated heterocycles. The van der Waals surface area contributed by atoms with E-state index < -0.39 is 11.7 Å². The lowest BCUT2D eigenvalue weighted by Crippen LogP contribution is -2.45.